The zero-order chi connectivity index (χ0) is 19.4. The van der Waals surface area contributed by atoms with Gasteiger partial charge >= 0.3 is 0 Å². The summed E-state index contributed by atoms with van der Waals surface area (Å²) in [5.41, 5.74) is 2.61. The molecular formula is C21H21ClN2O2S. The van der Waals surface area contributed by atoms with E-state index < -0.39 is 0 Å². The second-order valence-electron chi connectivity index (χ2n) is 5.88. The van der Waals surface area contributed by atoms with Gasteiger partial charge in [0.1, 0.15) is 5.75 Å². The monoisotopic (exact) mass is 400 g/mol. The molecule has 27 heavy (non-hydrogen) atoms. The Morgan fingerprint density at radius 3 is 2.56 bits per heavy atom. The van der Waals surface area contributed by atoms with Crippen LogP contribution in [0.2, 0.25) is 5.02 Å². The normalized spacial score (nSPS) is 11.6. The molecule has 0 spiro atoms. The Balaban J connectivity index is 2.16. The van der Waals surface area contributed by atoms with Crippen LogP contribution in [0.15, 0.2) is 53.5 Å². The number of ether oxygens (including phenoxy) is 1. The van der Waals surface area contributed by atoms with E-state index in [4.69, 9.17) is 16.3 Å². The van der Waals surface area contributed by atoms with Crippen molar-refractivity contribution >= 4 is 28.8 Å². The van der Waals surface area contributed by atoms with Crippen molar-refractivity contribution in [2.24, 2.45) is 4.99 Å². The molecule has 0 saturated heterocycles. The Morgan fingerprint density at radius 1 is 1.19 bits per heavy atom. The van der Waals surface area contributed by atoms with E-state index in [-0.39, 0.29) is 5.91 Å². The number of nitrogens with zero attached hydrogens (tertiary/aromatic N) is 2. The number of rotatable bonds is 5. The lowest BCUT2D eigenvalue weighted by Crippen LogP contribution is -2.17. The van der Waals surface area contributed by atoms with E-state index in [2.05, 4.69) is 35.5 Å². The fraction of sp³-hybridized carbons (Fsp3) is 0.238. The van der Waals surface area contributed by atoms with Crippen molar-refractivity contribution in [2.45, 2.75) is 26.8 Å². The first-order valence-electron chi connectivity index (χ1n) is 8.79. The van der Waals surface area contributed by atoms with Crippen LogP contribution < -0.4 is 9.54 Å². The van der Waals surface area contributed by atoms with Gasteiger partial charge in [-0.2, -0.15) is 4.99 Å². The highest BCUT2D eigenvalue weighted by atomic mass is 35.5. The summed E-state index contributed by atoms with van der Waals surface area (Å²) in [5.74, 6) is 0.104. The molecule has 4 nitrogen and oxygen atoms in total. The predicted octanol–water partition coefficient (Wildman–Crippen LogP) is 5.20. The Morgan fingerprint density at radius 2 is 1.93 bits per heavy atom. The number of methoxy groups -OCH3 is 1. The van der Waals surface area contributed by atoms with Crippen molar-refractivity contribution in [3.8, 4) is 17.0 Å². The van der Waals surface area contributed by atoms with Gasteiger partial charge in [0, 0.05) is 16.4 Å². The summed E-state index contributed by atoms with van der Waals surface area (Å²) >= 11 is 7.61. The minimum absolute atomic E-state index is 0.361. The van der Waals surface area contributed by atoms with Gasteiger partial charge in [0.25, 0.3) is 5.91 Å². The molecule has 6 heteroatoms. The van der Waals surface area contributed by atoms with Crippen LogP contribution in [-0.2, 0) is 13.0 Å². The highest BCUT2D eigenvalue weighted by Gasteiger charge is 2.16. The standard InChI is InChI=1S/C21H21ClN2O2S/c1-4-18-19(14-9-7-6-8-10-14)24(5-2)21(27-18)23-20(25)16-13-15(22)11-12-17(16)26-3/h6-13H,4-5H2,1-3H3. The molecule has 0 atom stereocenters. The number of carbonyl (C=O) groups excluding carboxylic acids is 1. The van der Waals surface area contributed by atoms with Gasteiger partial charge in [0.05, 0.1) is 18.4 Å². The molecule has 140 valence electrons. The van der Waals surface area contributed by atoms with Crippen molar-refractivity contribution in [1.82, 2.24) is 4.57 Å². The molecule has 0 saturated carbocycles. The van der Waals surface area contributed by atoms with Crippen LogP contribution in [0.25, 0.3) is 11.3 Å². The molecule has 3 rings (SSSR count). The summed E-state index contributed by atoms with van der Waals surface area (Å²) < 4.78 is 7.38. The number of hydrogen-bond acceptors (Lipinski definition) is 3. The zero-order valence-corrected chi connectivity index (χ0v) is 17.1. The van der Waals surface area contributed by atoms with E-state index in [1.807, 2.05) is 18.2 Å². The van der Waals surface area contributed by atoms with Crippen LogP contribution in [0.4, 0.5) is 0 Å². The van der Waals surface area contributed by atoms with Crippen LogP contribution in [0.5, 0.6) is 5.75 Å². The van der Waals surface area contributed by atoms with E-state index in [9.17, 15) is 4.79 Å². The number of aromatic nitrogens is 1. The first-order chi connectivity index (χ1) is 13.1. The number of carbonyl (C=O) groups is 1. The molecule has 1 amide bonds. The van der Waals surface area contributed by atoms with Gasteiger partial charge in [-0.15, -0.1) is 11.3 Å². The molecule has 0 fully saturated rings. The van der Waals surface area contributed by atoms with Gasteiger partial charge in [0.2, 0.25) is 0 Å². The van der Waals surface area contributed by atoms with Gasteiger partial charge < -0.3 is 9.30 Å². The number of halogens is 1. The van der Waals surface area contributed by atoms with Gasteiger partial charge in [-0.25, -0.2) is 0 Å². The molecule has 0 aliphatic heterocycles. The number of benzene rings is 2. The lowest BCUT2D eigenvalue weighted by Gasteiger charge is -2.08. The van der Waals surface area contributed by atoms with E-state index in [0.717, 1.165) is 24.2 Å². The number of aryl methyl sites for hydroxylation is 1. The summed E-state index contributed by atoms with van der Waals surface area (Å²) in [4.78, 5) is 19.1. The third-order valence-electron chi connectivity index (χ3n) is 4.25. The second kappa shape index (κ2) is 8.55. The number of hydrogen-bond donors (Lipinski definition) is 0. The van der Waals surface area contributed by atoms with E-state index >= 15 is 0 Å². The van der Waals surface area contributed by atoms with Crippen molar-refractivity contribution in [1.29, 1.82) is 0 Å². The largest absolute Gasteiger partial charge is 0.496 e. The molecule has 2 aromatic carbocycles. The van der Waals surface area contributed by atoms with Crippen LogP contribution in [-0.4, -0.2) is 17.6 Å². The quantitative estimate of drug-likeness (QED) is 0.590. The Labute approximate surface area is 167 Å². The van der Waals surface area contributed by atoms with Gasteiger partial charge in [-0.1, -0.05) is 48.9 Å². The average Bonchev–Trinajstić information content (AvgIpc) is 3.05. The number of amides is 1. The maximum Gasteiger partial charge on any atom is 0.283 e. The van der Waals surface area contributed by atoms with E-state index in [1.54, 1.807) is 29.5 Å². The summed E-state index contributed by atoms with van der Waals surface area (Å²) in [7, 11) is 1.53. The highest BCUT2D eigenvalue weighted by molar-refractivity contribution is 7.09. The molecule has 3 aromatic rings. The SMILES string of the molecule is CCc1sc(=NC(=O)c2cc(Cl)ccc2OC)n(CC)c1-c1ccccc1. The summed E-state index contributed by atoms with van der Waals surface area (Å²) in [5, 5.41) is 0.475. The van der Waals surface area contributed by atoms with Crippen LogP contribution >= 0.6 is 22.9 Å². The Hall–Kier alpha value is -2.37. The van der Waals surface area contributed by atoms with Crippen molar-refractivity contribution < 1.29 is 9.53 Å². The van der Waals surface area contributed by atoms with Crippen LogP contribution in [0, 0.1) is 0 Å². The molecule has 0 aliphatic rings. The molecular weight excluding hydrogens is 380 g/mol. The predicted molar refractivity (Wildman–Crippen MR) is 111 cm³/mol. The third-order valence-corrected chi connectivity index (χ3v) is 5.71. The summed E-state index contributed by atoms with van der Waals surface area (Å²) in [6.45, 7) is 4.89. The average molecular weight is 401 g/mol. The Kier molecular flexibility index (Phi) is 6.14. The maximum absolute atomic E-state index is 12.8. The van der Waals surface area contributed by atoms with Crippen molar-refractivity contribution in [2.75, 3.05) is 7.11 Å². The third kappa shape index (κ3) is 3.99. The topological polar surface area (TPSA) is 43.6 Å². The Bertz CT molecular complexity index is 1020. The second-order valence-corrected chi connectivity index (χ2v) is 7.38. The fourth-order valence-electron chi connectivity index (χ4n) is 2.98. The van der Waals surface area contributed by atoms with Crippen molar-refractivity contribution in [3.05, 3.63) is 68.8 Å². The molecule has 1 aromatic heterocycles. The van der Waals surface area contributed by atoms with Gasteiger partial charge in [0.15, 0.2) is 4.80 Å². The smallest absolute Gasteiger partial charge is 0.283 e. The molecule has 1 heterocycles. The van der Waals surface area contributed by atoms with Gasteiger partial charge in [-0.05, 0) is 37.1 Å². The highest BCUT2D eigenvalue weighted by Crippen LogP contribution is 2.27. The lowest BCUT2D eigenvalue weighted by atomic mass is 10.1. The molecule has 0 bridgehead atoms. The van der Waals surface area contributed by atoms with Gasteiger partial charge in [-0.3, -0.25) is 4.79 Å². The minimum atomic E-state index is -0.361. The first kappa shape index (κ1) is 19.4. The van der Waals surface area contributed by atoms with Crippen LogP contribution in [0.3, 0.4) is 0 Å². The summed E-state index contributed by atoms with van der Waals surface area (Å²) in [6, 6.07) is 15.2. The molecule has 0 radical (unpaired) electrons. The van der Waals surface area contributed by atoms with Crippen LogP contribution in [0.1, 0.15) is 29.1 Å². The molecule has 0 N–H and O–H groups in total. The van der Waals surface area contributed by atoms with E-state index in [1.165, 1.54) is 12.0 Å². The zero-order valence-electron chi connectivity index (χ0n) is 15.5. The van der Waals surface area contributed by atoms with Crippen molar-refractivity contribution in [3.63, 3.8) is 0 Å². The molecule has 0 unspecified atom stereocenters. The fourth-order valence-corrected chi connectivity index (χ4v) is 4.30. The first-order valence-corrected chi connectivity index (χ1v) is 9.99. The minimum Gasteiger partial charge on any atom is -0.496 e. The summed E-state index contributed by atoms with van der Waals surface area (Å²) in [6.07, 6.45) is 0.874. The molecule has 0 aliphatic carbocycles. The number of thiazole rings is 1. The van der Waals surface area contributed by atoms with E-state index in [0.29, 0.717) is 21.1 Å². The lowest BCUT2D eigenvalue weighted by molar-refractivity contribution is 0.0995. The maximum atomic E-state index is 12.8.